The smallest absolute Gasteiger partial charge is 0.322 e. The van der Waals surface area contributed by atoms with Crippen LogP contribution in [0.25, 0.3) is 0 Å². The predicted octanol–water partition coefficient (Wildman–Crippen LogP) is 3.05. The lowest BCUT2D eigenvalue weighted by Gasteiger charge is -2.41. The molecule has 2 aliphatic rings. The minimum absolute atomic E-state index is 0.150. The molecule has 0 aromatic heterocycles. The molecule has 3 amide bonds. The number of nitrogens with zero attached hydrogens (tertiary/aromatic N) is 1. The standard InChI is InChI=1S/C20H28FN3O2/c1-14(2)7-10-20(18(25)22-19(26)23-20)16-8-11-24(12-9-16)13-15-3-5-17(21)6-4-15/h3-6,14,16H,7-13H2,1-2H3,(H2,22,23,25,26)/t20-/m0/s1. The molecule has 142 valence electrons. The van der Waals surface area contributed by atoms with Crippen molar-refractivity contribution >= 4 is 11.9 Å². The largest absolute Gasteiger partial charge is 0.323 e. The first-order valence-electron chi connectivity index (χ1n) is 9.49. The number of hydrogen-bond acceptors (Lipinski definition) is 3. The van der Waals surface area contributed by atoms with Crippen LogP contribution in [0.15, 0.2) is 24.3 Å². The van der Waals surface area contributed by atoms with Crippen LogP contribution in [0.3, 0.4) is 0 Å². The second-order valence-electron chi connectivity index (χ2n) is 7.99. The highest BCUT2D eigenvalue weighted by Crippen LogP contribution is 2.35. The van der Waals surface area contributed by atoms with Crippen LogP contribution in [0.4, 0.5) is 9.18 Å². The van der Waals surface area contributed by atoms with Gasteiger partial charge in [-0.2, -0.15) is 0 Å². The zero-order valence-electron chi connectivity index (χ0n) is 15.6. The second-order valence-corrected chi connectivity index (χ2v) is 7.99. The van der Waals surface area contributed by atoms with Crippen molar-refractivity contribution in [1.82, 2.24) is 15.5 Å². The maximum atomic E-state index is 13.0. The number of halogens is 1. The number of urea groups is 1. The van der Waals surface area contributed by atoms with Crippen molar-refractivity contribution < 1.29 is 14.0 Å². The fourth-order valence-electron chi connectivity index (χ4n) is 4.12. The molecule has 2 aliphatic heterocycles. The predicted molar refractivity (Wildman–Crippen MR) is 97.9 cm³/mol. The van der Waals surface area contributed by atoms with E-state index in [0.717, 1.165) is 44.5 Å². The highest BCUT2D eigenvalue weighted by atomic mass is 19.1. The van der Waals surface area contributed by atoms with Crippen molar-refractivity contribution in [2.75, 3.05) is 13.1 Å². The van der Waals surface area contributed by atoms with E-state index < -0.39 is 5.54 Å². The van der Waals surface area contributed by atoms with Crippen LogP contribution < -0.4 is 10.6 Å². The van der Waals surface area contributed by atoms with Crippen LogP contribution in [-0.4, -0.2) is 35.5 Å². The Morgan fingerprint density at radius 2 is 1.85 bits per heavy atom. The molecule has 2 N–H and O–H groups in total. The molecule has 6 heteroatoms. The van der Waals surface area contributed by atoms with E-state index in [2.05, 4.69) is 29.4 Å². The van der Waals surface area contributed by atoms with Crippen molar-refractivity contribution in [1.29, 1.82) is 0 Å². The summed E-state index contributed by atoms with van der Waals surface area (Å²) in [4.78, 5) is 26.7. The van der Waals surface area contributed by atoms with Crippen molar-refractivity contribution in [3.8, 4) is 0 Å². The Bertz CT molecular complexity index is 654. The summed E-state index contributed by atoms with van der Waals surface area (Å²) >= 11 is 0. The van der Waals surface area contributed by atoms with Gasteiger partial charge in [-0.1, -0.05) is 26.0 Å². The normalized spacial score (nSPS) is 24.8. The Kier molecular flexibility index (Phi) is 5.61. The van der Waals surface area contributed by atoms with E-state index >= 15 is 0 Å². The minimum Gasteiger partial charge on any atom is -0.323 e. The molecular formula is C20H28FN3O2. The minimum atomic E-state index is -0.761. The van der Waals surface area contributed by atoms with Gasteiger partial charge in [0.15, 0.2) is 0 Å². The highest BCUT2D eigenvalue weighted by Gasteiger charge is 2.51. The molecule has 0 radical (unpaired) electrons. The molecular weight excluding hydrogens is 333 g/mol. The van der Waals surface area contributed by atoms with Crippen LogP contribution in [0.1, 0.15) is 45.1 Å². The van der Waals surface area contributed by atoms with Crippen molar-refractivity contribution in [2.45, 2.75) is 51.6 Å². The van der Waals surface area contributed by atoms with Crippen LogP contribution in [0.5, 0.6) is 0 Å². The molecule has 26 heavy (non-hydrogen) atoms. The molecule has 0 aliphatic carbocycles. The summed E-state index contributed by atoms with van der Waals surface area (Å²) in [5.74, 6) is 0.246. The number of benzene rings is 1. The fraction of sp³-hybridized carbons (Fsp3) is 0.600. The Morgan fingerprint density at radius 3 is 2.38 bits per heavy atom. The van der Waals surface area contributed by atoms with E-state index in [1.807, 2.05) is 12.1 Å². The number of likely N-dealkylation sites (tertiary alicyclic amines) is 1. The number of carbonyl (C=O) groups is 2. The van der Waals surface area contributed by atoms with Gasteiger partial charge in [0, 0.05) is 6.54 Å². The van der Waals surface area contributed by atoms with E-state index in [1.165, 1.54) is 12.1 Å². The Labute approximate surface area is 154 Å². The lowest BCUT2D eigenvalue weighted by molar-refractivity contribution is -0.127. The van der Waals surface area contributed by atoms with Gasteiger partial charge in [-0.05, 0) is 68.3 Å². The molecule has 3 rings (SSSR count). The lowest BCUT2D eigenvalue weighted by atomic mass is 9.74. The quantitative estimate of drug-likeness (QED) is 0.766. The second kappa shape index (κ2) is 7.74. The van der Waals surface area contributed by atoms with Gasteiger partial charge in [-0.25, -0.2) is 9.18 Å². The summed E-state index contributed by atoms with van der Waals surface area (Å²) in [7, 11) is 0. The van der Waals surface area contributed by atoms with Gasteiger partial charge in [0.25, 0.3) is 5.91 Å². The number of piperidine rings is 1. The van der Waals surface area contributed by atoms with Gasteiger partial charge in [-0.3, -0.25) is 15.0 Å². The molecule has 2 saturated heterocycles. The first-order valence-corrected chi connectivity index (χ1v) is 9.49. The summed E-state index contributed by atoms with van der Waals surface area (Å²) in [6.45, 7) is 6.79. The highest BCUT2D eigenvalue weighted by molar-refractivity contribution is 6.07. The van der Waals surface area contributed by atoms with Gasteiger partial charge in [-0.15, -0.1) is 0 Å². The zero-order valence-corrected chi connectivity index (χ0v) is 15.6. The number of hydrogen-bond donors (Lipinski definition) is 2. The van der Waals surface area contributed by atoms with Crippen LogP contribution >= 0.6 is 0 Å². The van der Waals surface area contributed by atoms with E-state index in [4.69, 9.17) is 0 Å². The Balaban J connectivity index is 1.63. The maximum absolute atomic E-state index is 13.0. The van der Waals surface area contributed by atoms with Crippen LogP contribution in [0.2, 0.25) is 0 Å². The summed E-state index contributed by atoms with van der Waals surface area (Å²) in [5, 5.41) is 5.40. The summed E-state index contributed by atoms with van der Waals surface area (Å²) in [5.41, 5.74) is 0.329. The van der Waals surface area contributed by atoms with Gasteiger partial charge >= 0.3 is 6.03 Å². The zero-order chi connectivity index (χ0) is 18.7. The van der Waals surface area contributed by atoms with Crippen molar-refractivity contribution in [3.05, 3.63) is 35.6 Å². The Morgan fingerprint density at radius 1 is 1.19 bits per heavy atom. The van der Waals surface area contributed by atoms with Crippen LogP contribution in [0, 0.1) is 17.7 Å². The van der Waals surface area contributed by atoms with Gasteiger partial charge in [0.05, 0.1) is 0 Å². The molecule has 0 bridgehead atoms. The average Bonchev–Trinajstić information content (AvgIpc) is 2.90. The summed E-state index contributed by atoms with van der Waals surface area (Å²) in [6, 6.07) is 6.24. The molecule has 5 nitrogen and oxygen atoms in total. The molecule has 1 atom stereocenters. The van der Waals surface area contributed by atoms with Crippen molar-refractivity contribution in [2.24, 2.45) is 11.8 Å². The molecule has 0 spiro atoms. The van der Waals surface area contributed by atoms with E-state index in [1.54, 1.807) is 0 Å². The van der Waals surface area contributed by atoms with Gasteiger partial charge in [0.2, 0.25) is 0 Å². The number of imide groups is 1. The monoisotopic (exact) mass is 361 g/mol. The molecule has 2 fully saturated rings. The van der Waals surface area contributed by atoms with Crippen LogP contribution in [-0.2, 0) is 11.3 Å². The fourth-order valence-corrected chi connectivity index (χ4v) is 4.12. The topological polar surface area (TPSA) is 61.4 Å². The summed E-state index contributed by atoms with van der Waals surface area (Å²) < 4.78 is 13.0. The number of carbonyl (C=O) groups excluding carboxylic acids is 2. The van der Waals surface area contributed by atoms with E-state index in [0.29, 0.717) is 12.3 Å². The molecule has 0 unspecified atom stereocenters. The maximum Gasteiger partial charge on any atom is 0.322 e. The van der Waals surface area contributed by atoms with Gasteiger partial charge < -0.3 is 5.32 Å². The SMILES string of the molecule is CC(C)CC[C@@]1(C2CCN(Cc3ccc(F)cc3)CC2)NC(=O)NC1=O. The Hall–Kier alpha value is -1.95. The molecule has 1 aromatic carbocycles. The van der Waals surface area contributed by atoms with Crippen molar-refractivity contribution in [3.63, 3.8) is 0 Å². The number of amides is 3. The first-order chi connectivity index (χ1) is 12.4. The van der Waals surface area contributed by atoms with Gasteiger partial charge in [0.1, 0.15) is 11.4 Å². The summed E-state index contributed by atoms with van der Waals surface area (Å²) in [6.07, 6.45) is 3.33. The third-order valence-corrected chi connectivity index (χ3v) is 5.69. The van der Waals surface area contributed by atoms with E-state index in [-0.39, 0.29) is 23.7 Å². The third kappa shape index (κ3) is 4.06. The first kappa shape index (κ1) is 18.8. The third-order valence-electron chi connectivity index (χ3n) is 5.69. The average molecular weight is 361 g/mol. The molecule has 2 heterocycles. The molecule has 1 aromatic rings. The van der Waals surface area contributed by atoms with E-state index in [9.17, 15) is 14.0 Å². The number of nitrogens with one attached hydrogen (secondary N) is 2. The lowest BCUT2D eigenvalue weighted by Crippen LogP contribution is -2.56. The molecule has 0 saturated carbocycles. The number of rotatable bonds is 6.